The Balaban J connectivity index is 2.00. The van der Waals surface area contributed by atoms with Gasteiger partial charge in [0.05, 0.1) is 5.02 Å². The Morgan fingerprint density at radius 3 is 3.08 bits per heavy atom. The molecule has 72 valence electrons. The summed E-state index contributed by atoms with van der Waals surface area (Å²) in [6, 6.07) is 2.80. The summed E-state index contributed by atoms with van der Waals surface area (Å²) in [5.41, 5.74) is 0. The molecular weight excluding hydrogens is 202 g/mol. The Bertz CT molecular complexity index is 270. The van der Waals surface area contributed by atoms with Crippen LogP contribution in [0, 0.1) is 6.92 Å². The predicted molar refractivity (Wildman–Crippen MR) is 58.8 cm³/mol. The van der Waals surface area contributed by atoms with Crippen LogP contribution in [0.1, 0.15) is 22.6 Å². The lowest BCUT2D eigenvalue weighted by molar-refractivity contribution is 0.608. The van der Waals surface area contributed by atoms with Gasteiger partial charge >= 0.3 is 0 Å². The van der Waals surface area contributed by atoms with Gasteiger partial charge in [-0.2, -0.15) is 0 Å². The molecule has 0 aromatic carbocycles. The van der Waals surface area contributed by atoms with Gasteiger partial charge in [-0.05, 0) is 38.8 Å². The third kappa shape index (κ3) is 2.25. The summed E-state index contributed by atoms with van der Waals surface area (Å²) >= 11 is 7.83. The average Bonchev–Trinajstić information content (AvgIpc) is 2.64. The van der Waals surface area contributed by atoms with Crippen LogP contribution >= 0.6 is 22.9 Å². The van der Waals surface area contributed by atoms with Gasteiger partial charge in [0.2, 0.25) is 0 Å². The number of nitrogens with one attached hydrogen (secondary N) is 1. The fraction of sp³-hybridized carbons (Fsp3) is 0.600. The van der Waals surface area contributed by atoms with E-state index < -0.39 is 0 Å². The molecule has 1 aromatic rings. The number of hydrogen-bond acceptors (Lipinski definition) is 2. The van der Waals surface area contributed by atoms with Crippen LogP contribution in [-0.2, 0) is 6.42 Å². The standard InChI is InChI=1S/C10H14ClNS/c1-7-10(11)6-9(13-7)5-8-3-2-4-12-8/h6,8,12H,2-5H2,1H3. The van der Waals surface area contributed by atoms with E-state index in [-0.39, 0.29) is 0 Å². The van der Waals surface area contributed by atoms with Crippen LogP contribution < -0.4 is 5.32 Å². The van der Waals surface area contributed by atoms with Crippen LogP contribution in [0.25, 0.3) is 0 Å². The summed E-state index contributed by atoms with van der Waals surface area (Å²) in [7, 11) is 0. The summed E-state index contributed by atoms with van der Waals surface area (Å²) in [5, 5.41) is 4.43. The maximum atomic E-state index is 6.00. The first-order valence-electron chi connectivity index (χ1n) is 4.74. The van der Waals surface area contributed by atoms with Gasteiger partial charge in [-0.3, -0.25) is 0 Å². The summed E-state index contributed by atoms with van der Waals surface area (Å²) in [6.07, 6.45) is 3.79. The van der Waals surface area contributed by atoms with Crippen LogP contribution in [-0.4, -0.2) is 12.6 Å². The lowest BCUT2D eigenvalue weighted by Gasteiger charge is -2.06. The molecule has 1 nitrogen and oxygen atoms in total. The minimum Gasteiger partial charge on any atom is -0.314 e. The van der Waals surface area contributed by atoms with Crippen molar-refractivity contribution in [1.82, 2.24) is 5.32 Å². The van der Waals surface area contributed by atoms with Gasteiger partial charge in [0.25, 0.3) is 0 Å². The fourth-order valence-corrected chi connectivity index (χ4v) is 3.12. The Morgan fingerprint density at radius 2 is 2.54 bits per heavy atom. The molecule has 1 unspecified atom stereocenters. The molecule has 0 amide bonds. The fourth-order valence-electron chi connectivity index (χ4n) is 1.79. The van der Waals surface area contributed by atoms with Crippen molar-refractivity contribution in [2.75, 3.05) is 6.54 Å². The molecule has 0 saturated carbocycles. The van der Waals surface area contributed by atoms with Crippen molar-refractivity contribution >= 4 is 22.9 Å². The van der Waals surface area contributed by atoms with E-state index in [0.717, 1.165) is 11.4 Å². The molecule has 0 bridgehead atoms. The van der Waals surface area contributed by atoms with Crippen molar-refractivity contribution in [3.05, 3.63) is 20.8 Å². The largest absolute Gasteiger partial charge is 0.314 e. The summed E-state index contributed by atoms with van der Waals surface area (Å²) in [4.78, 5) is 2.66. The van der Waals surface area contributed by atoms with Crippen LogP contribution in [0.5, 0.6) is 0 Å². The Hall–Kier alpha value is -0.0500. The van der Waals surface area contributed by atoms with Gasteiger partial charge in [-0.25, -0.2) is 0 Å². The van der Waals surface area contributed by atoms with Crippen molar-refractivity contribution < 1.29 is 0 Å². The highest BCUT2D eigenvalue weighted by atomic mass is 35.5. The molecule has 0 spiro atoms. The minimum absolute atomic E-state index is 0.689. The predicted octanol–water partition coefficient (Wildman–Crippen LogP) is 3.00. The maximum Gasteiger partial charge on any atom is 0.0545 e. The van der Waals surface area contributed by atoms with Gasteiger partial charge in [-0.1, -0.05) is 11.6 Å². The third-order valence-electron chi connectivity index (χ3n) is 2.52. The molecule has 1 N–H and O–H groups in total. The van der Waals surface area contributed by atoms with E-state index >= 15 is 0 Å². The van der Waals surface area contributed by atoms with Crippen molar-refractivity contribution in [2.24, 2.45) is 0 Å². The zero-order chi connectivity index (χ0) is 9.26. The van der Waals surface area contributed by atoms with E-state index in [4.69, 9.17) is 11.6 Å². The number of thiophene rings is 1. The van der Waals surface area contributed by atoms with Gasteiger partial charge in [0, 0.05) is 15.8 Å². The van der Waals surface area contributed by atoms with Gasteiger partial charge in [-0.15, -0.1) is 11.3 Å². The number of hydrogen-bond donors (Lipinski definition) is 1. The highest BCUT2D eigenvalue weighted by Crippen LogP contribution is 2.27. The molecule has 1 aliphatic rings. The second-order valence-electron chi connectivity index (χ2n) is 3.61. The topological polar surface area (TPSA) is 12.0 Å². The van der Waals surface area contributed by atoms with E-state index in [1.54, 1.807) is 0 Å². The molecule has 2 rings (SSSR count). The first-order valence-corrected chi connectivity index (χ1v) is 5.93. The Labute approximate surface area is 88.1 Å². The van der Waals surface area contributed by atoms with E-state index in [2.05, 4.69) is 18.3 Å². The summed E-state index contributed by atoms with van der Waals surface area (Å²) in [5.74, 6) is 0. The first kappa shape index (κ1) is 9.50. The first-order chi connectivity index (χ1) is 6.25. The molecule has 13 heavy (non-hydrogen) atoms. The Kier molecular flexibility index (Phi) is 2.92. The molecule has 0 radical (unpaired) electrons. The van der Waals surface area contributed by atoms with Crippen LogP contribution in [0.3, 0.4) is 0 Å². The molecular formula is C10H14ClNS. The Morgan fingerprint density at radius 1 is 1.69 bits per heavy atom. The molecule has 3 heteroatoms. The average molecular weight is 216 g/mol. The molecule has 1 atom stereocenters. The van der Waals surface area contributed by atoms with E-state index in [1.165, 1.54) is 29.1 Å². The monoisotopic (exact) mass is 215 g/mol. The van der Waals surface area contributed by atoms with Gasteiger partial charge in [0.15, 0.2) is 0 Å². The zero-order valence-electron chi connectivity index (χ0n) is 7.77. The van der Waals surface area contributed by atoms with Gasteiger partial charge in [0.1, 0.15) is 0 Å². The zero-order valence-corrected chi connectivity index (χ0v) is 9.34. The summed E-state index contributed by atoms with van der Waals surface area (Å²) in [6.45, 7) is 3.27. The van der Waals surface area contributed by atoms with Crippen LogP contribution in [0.15, 0.2) is 6.07 Å². The number of halogens is 1. The molecule has 1 fully saturated rings. The quantitative estimate of drug-likeness (QED) is 0.800. The molecule has 0 aliphatic carbocycles. The second-order valence-corrected chi connectivity index (χ2v) is 5.36. The van der Waals surface area contributed by atoms with Crippen molar-refractivity contribution in [3.63, 3.8) is 0 Å². The smallest absolute Gasteiger partial charge is 0.0545 e. The molecule has 1 saturated heterocycles. The van der Waals surface area contributed by atoms with Crippen LogP contribution in [0.4, 0.5) is 0 Å². The maximum absolute atomic E-state index is 6.00. The second kappa shape index (κ2) is 3.99. The highest BCUT2D eigenvalue weighted by molar-refractivity contribution is 7.12. The van der Waals surface area contributed by atoms with Gasteiger partial charge < -0.3 is 5.32 Å². The highest BCUT2D eigenvalue weighted by Gasteiger charge is 2.15. The lowest BCUT2D eigenvalue weighted by Crippen LogP contribution is -2.23. The number of aryl methyl sites for hydroxylation is 1. The van der Waals surface area contributed by atoms with E-state index in [9.17, 15) is 0 Å². The van der Waals surface area contributed by atoms with Crippen molar-refractivity contribution in [3.8, 4) is 0 Å². The molecule has 1 aromatic heterocycles. The van der Waals surface area contributed by atoms with Crippen LogP contribution in [0.2, 0.25) is 5.02 Å². The number of rotatable bonds is 2. The molecule has 1 aliphatic heterocycles. The van der Waals surface area contributed by atoms with E-state index in [0.29, 0.717) is 6.04 Å². The summed E-state index contributed by atoms with van der Waals surface area (Å²) < 4.78 is 0. The SMILES string of the molecule is Cc1sc(CC2CCCN2)cc1Cl. The van der Waals surface area contributed by atoms with Crippen molar-refractivity contribution in [2.45, 2.75) is 32.2 Å². The third-order valence-corrected chi connectivity index (χ3v) is 4.10. The minimum atomic E-state index is 0.689. The molecule has 2 heterocycles. The normalized spacial score (nSPS) is 22.5. The lowest BCUT2D eigenvalue weighted by atomic mass is 10.1. The van der Waals surface area contributed by atoms with Crippen molar-refractivity contribution in [1.29, 1.82) is 0 Å². The van der Waals surface area contributed by atoms with E-state index in [1.807, 2.05) is 11.3 Å².